The van der Waals surface area contributed by atoms with E-state index in [0.717, 1.165) is 27.7 Å². The molecular formula is C17H20BrNO2. The van der Waals surface area contributed by atoms with Crippen LogP contribution in [0.5, 0.6) is 5.75 Å². The molecule has 21 heavy (non-hydrogen) atoms. The third-order valence-electron chi connectivity index (χ3n) is 3.44. The van der Waals surface area contributed by atoms with Crippen molar-refractivity contribution in [2.45, 2.75) is 26.0 Å². The van der Waals surface area contributed by atoms with Crippen LogP contribution in [0.25, 0.3) is 0 Å². The molecule has 0 bridgehead atoms. The predicted octanol–water partition coefficient (Wildman–Crippen LogP) is 4.86. The summed E-state index contributed by atoms with van der Waals surface area (Å²) in [5, 5.41) is 13.0. The highest BCUT2D eigenvalue weighted by molar-refractivity contribution is 9.10. The van der Waals surface area contributed by atoms with Crippen molar-refractivity contribution in [3.8, 4) is 5.75 Å². The van der Waals surface area contributed by atoms with Crippen molar-refractivity contribution in [2.75, 3.05) is 12.4 Å². The number of hydrogen-bond donors (Lipinski definition) is 2. The van der Waals surface area contributed by atoms with Gasteiger partial charge in [0.1, 0.15) is 5.75 Å². The number of phenolic OH excluding ortho intramolecular Hbond substituents is 1. The molecule has 2 aromatic carbocycles. The van der Waals surface area contributed by atoms with Gasteiger partial charge in [0, 0.05) is 22.8 Å². The summed E-state index contributed by atoms with van der Waals surface area (Å²) in [7, 11) is 1.69. The topological polar surface area (TPSA) is 41.5 Å². The van der Waals surface area contributed by atoms with Gasteiger partial charge in [-0.15, -0.1) is 0 Å². The van der Waals surface area contributed by atoms with Crippen molar-refractivity contribution in [2.24, 2.45) is 0 Å². The van der Waals surface area contributed by atoms with Gasteiger partial charge in [-0.2, -0.15) is 0 Å². The molecule has 0 aliphatic heterocycles. The van der Waals surface area contributed by atoms with Crippen LogP contribution in [-0.4, -0.2) is 12.2 Å². The van der Waals surface area contributed by atoms with Crippen LogP contribution in [0.4, 0.5) is 5.69 Å². The zero-order valence-corrected chi connectivity index (χ0v) is 13.9. The van der Waals surface area contributed by atoms with Crippen molar-refractivity contribution in [3.63, 3.8) is 0 Å². The number of aromatic hydroxyl groups is 1. The molecule has 2 rings (SSSR count). The summed E-state index contributed by atoms with van der Waals surface area (Å²) >= 11 is 3.57. The minimum atomic E-state index is 0.190. The fourth-order valence-corrected chi connectivity index (χ4v) is 2.78. The standard InChI is InChI=1S/C17H20BrNO2/c1-3-16(12-7-9-13(20)10-8-12)19-17-6-4-5-15(18)14(17)11-21-2/h4-10,16,19-20H,3,11H2,1-2H3. The van der Waals surface area contributed by atoms with Crippen molar-refractivity contribution >= 4 is 21.6 Å². The van der Waals surface area contributed by atoms with Gasteiger partial charge in [-0.05, 0) is 36.2 Å². The molecule has 0 fully saturated rings. The number of methoxy groups -OCH3 is 1. The number of anilines is 1. The Morgan fingerprint density at radius 3 is 2.52 bits per heavy atom. The molecule has 3 nitrogen and oxygen atoms in total. The lowest BCUT2D eigenvalue weighted by molar-refractivity contribution is 0.185. The highest BCUT2D eigenvalue weighted by Crippen LogP contribution is 2.30. The van der Waals surface area contributed by atoms with Gasteiger partial charge >= 0.3 is 0 Å². The lowest BCUT2D eigenvalue weighted by Gasteiger charge is -2.21. The summed E-state index contributed by atoms with van der Waals surface area (Å²) < 4.78 is 6.32. The number of ether oxygens (including phenoxy) is 1. The number of phenols is 1. The first kappa shape index (κ1) is 15.9. The first-order chi connectivity index (χ1) is 10.2. The van der Waals surface area contributed by atoms with Crippen LogP contribution in [-0.2, 0) is 11.3 Å². The van der Waals surface area contributed by atoms with E-state index >= 15 is 0 Å². The van der Waals surface area contributed by atoms with E-state index in [9.17, 15) is 5.11 Å². The third-order valence-corrected chi connectivity index (χ3v) is 4.18. The van der Waals surface area contributed by atoms with Crippen LogP contribution in [0.15, 0.2) is 46.9 Å². The van der Waals surface area contributed by atoms with E-state index in [1.165, 1.54) is 0 Å². The number of nitrogens with one attached hydrogen (secondary N) is 1. The van der Waals surface area contributed by atoms with E-state index in [-0.39, 0.29) is 11.8 Å². The minimum absolute atomic E-state index is 0.190. The molecule has 0 aliphatic rings. The van der Waals surface area contributed by atoms with E-state index in [1.807, 2.05) is 24.3 Å². The summed E-state index contributed by atoms with van der Waals surface area (Å²) in [5.74, 6) is 0.288. The molecule has 2 aromatic rings. The monoisotopic (exact) mass is 349 g/mol. The molecule has 1 unspecified atom stereocenters. The number of halogens is 1. The van der Waals surface area contributed by atoms with E-state index in [0.29, 0.717) is 6.61 Å². The Labute approximate surface area is 134 Å². The summed E-state index contributed by atoms with van der Waals surface area (Å²) in [6.07, 6.45) is 0.948. The SMILES string of the molecule is CCC(Nc1cccc(Br)c1COC)c1ccc(O)cc1. The predicted molar refractivity (Wildman–Crippen MR) is 89.6 cm³/mol. The Balaban J connectivity index is 2.26. The molecule has 0 saturated heterocycles. The van der Waals surface area contributed by atoms with Crippen LogP contribution >= 0.6 is 15.9 Å². The summed E-state index contributed by atoms with van der Waals surface area (Å²) in [5.41, 5.74) is 3.32. The van der Waals surface area contributed by atoms with Crippen molar-refractivity contribution < 1.29 is 9.84 Å². The molecule has 112 valence electrons. The molecule has 0 heterocycles. The quantitative estimate of drug-likeness (QED) is 0.781. The minimum Gasteiger partial charge on any atom is -0.508 e. The van der Waals surface area contributed by atoms with Crippen LogP contribution in [0, 0.1) is 0 Å². The summed E-state index contributed by atoms with van der Waals surface area (Å²) in [6.45, 7) is 2.69. The summed E-state index contributed by atoms with van der Waals surface area (Å²) in [4.78, 5) is 0. The van der Waals surface area contributed by atoms with Crippen molar-refractivity contribution in [1.29, 1.82) is 0 Å². The molecule has 2 N–H and O–H groups in total. The van der Waals surface area contributed by atoms with Crippen molar-refractivity contribution in [1.82, 2.24) is 0 Å². The summed E-state index contributed by atoms with van der Waals surface area (Å²) in [6, 6.07) is 13.6. The average molecular weight is 350 g/mol. The molecule has 0 aromatic heterocycles. The van der Waals surface area contributed by atoms with Crippen molar-refractivity contribution in [3.05, 3.63) is 58.1 Å². The largest absolute Gasteiger partial charge is 0.508 e. The normalized spacial score (nSPS) is 12.1. The Kier molecular flexibility index (Phi) is 5.65. The van der Waals surface area contributed by atoms with Gasteiger partial charge in [0.15, 0.2) is 0 Å². The maximum atomic E-state index is 9.41. The Hall–Kier alpha value is -1.52. The number of rotatable bonds is 6. The maximum absolute atomic E-state index is 9.41. The van der Waals surface area contributed by atoms with Crippen LogP contribution in [0.2, 0.25) is 0 Å². The van der Waals surface area contributed by atoms with Gasteiger partial charge in [0.25, 0.3) is 0 Å². The second-order valence-corrected chi connectivity index (χ2v) is 5.75. The van der Waals surface area contributed by atoms with Gasteiger partial charge in [-0.1, -0.05) is 41.1 Å². The zero-order chi connectivity index (χ0) is 15.2. The first-order valence-electron chi connectivity index (χ1n) is 6.97. The Morgan fingerprint density at radius 1 is 1.19 bits per heavy atom. The average Bonchev–Trinajstić information content (AvgIpc) is 2.49. The number of hydrogen-bond acceptors (Lipinski definition) is 3. The van der Waals surface area contributed by atoms with Gasteiger partial charge in [0.05, 0.1) is 12.6 Å². The molecule has 0 spiro atoms. The second kappa shape index (κ2) is 7.48. The Morgan fingerprint density at radius 2 is 1.90 bits per heavy atom. The van der Waals surface area contributed by atoms with E-state index in [4.69, 9.17) is 4.74 Å². The van der Waals surface area contributed by atoms with Gasteiger partial charge in [0.2, 0.25) is 0 Å². The van der Waals surface area contributed by atoms with Gasteiger partial charge < -0.3 is 15.2 Å². The fraction of sp³-hybridized carbons (Fsp3) is 0.294. The second-order valence-electron chi connectivity index (χ2n) is 4.90. The van der Waals surface area contributed by atoms with Crippen LogP contribution < -0.4 is 5.32 Å². The van der Waals surface area contributed by atoms with Gasteiger partial charge in [-0.3, -0.25) is 0 Å². The molecule has 0 aliphatic carbocycles. The molecule has 0 radical (unpaired) electrons. The number of benzene rings is 2. The molecule has 4 heteroatoms. The van der Waals surface area contributed by atoms with E-state index in [1.54, 1.807) is 19.2 Å². The zero-order valence-electron chi connectivity index (χ0n) is 12.3. The smallest absolute Gasteiger partial charge is 0.115 e. The lowest BCUT2D eigenvalue weighted by atomic mass is 10.0. The molecule has 0 amide bonds. The third kappa shape index (κ3) is 3.99. The lowest BCUT2D eigenvalue weighted by Crippen LogP contribution is -2.11. The molecular weight excluding hydrogens is 330 g/mol. The molecule has 1 atom stereocenters. The Bertz CT molecular complexity index is 584. The first-order valence-corrected chi connectivity index (χ1v) is 7.76. The van der Waals surface area contributed by atoms with E-state index in [2.05, 4.69) is 34.2 Å². The highest BCUT2D eigenvalue weighted by atomic mass is 79.9. The fourth-order valence-electron chi connectivity index (χ4n) is 2.30. The van der Waals surface area contributed by atoms with Gasteiger partial charge in [-0.25, -0.2) is 0 Å². The molecule has 0 saturated carbocycles. The maximum Gasteiger partial charge on any atom is 0.115 e. The van der Waals surface area contributed by atoms with Crippen LogP contribution in [0.1, 0.15) is 30.5 Å². The van der Waals surface area contributed by atoms with E-state index < -0.39 is 0 Å². The highest BCUT2D eigenvalue weighted by Gasteiger charge is 2.13. The van der Waals surface area contributed by atoms with Crippen LogP contribution in [0.3, 0.4) is 0 Å².